The highest BCUT2D eigenvalue weighted by Crippen LogP contribution is 2.13. The lowest BCUT2D eigenvalue weighted by atomic mass is 10.1. The number of nitrogens with zero attached hydrogens (tertiary/aromatic N) is 4. The second-order valence-electron chi connectivity index (χ2n) is 3.33. The minimum absolute atomic E-state index is 0.0290. The lowest BCUT2D eigenvalue weighted by Gasteiger charge is -2.07. The quantitative estimate of drug-likeness (QED) is 0.767. The van der Waals surface area contributed by atoms with Gasteiger partial charge in [0, 0.05) is 17.0 Å². The fourth-order valence-electron chi connectivity index (χ4n) is 1.57. The number of aliphatic carboxylic acids is 1. The number of rotatable bonds is 2. The number of carbonyl (C=O) groups is 1. The smallest absolute Gasteiger partial charge is 0.307 e. The molecule has 1 N–H and O–H groups in total. The summed E-state index contributed by atoms with van der Waals surface area (Å²) in [5.74, 6) is -0.366. The van der Waals surface area contributed by atoms with Crippen molar-refractivity contribution < 1.29 is 9.90 Å². The van der Waals surface area contributed by atoms with Gasteiger partial charge in [-0.25, -0.2) is 4.98 Å². The third-order valence-electron chi connectivity index (χ3n) is 2.36. The van der Waals surface area contributed by atoms with Crippen molar-refractivity contribution in [2.75, 3.05) is 0 Å². The molecule has 0 fully saturated rings. The van der Waals surface area contributed by atoms with Gasteiger partial charge in [0.2, 0.25) is 0 Å². The molecule has 78 valence electrons. The molecule has 2 rings (SSSR count). The van der Waals surface area contributed by atoms with Crippen molar-refractivity contribution in [3.8, 4) is 0 Å². The van der Waals surface area contributed by atoms with E-state index in [9.17, 15) is 4.79 Å². The molecule has 0 aliphatic carbocycles. The van der Waals surface area contributed by atoms with Crippen LogP contribution in [0.15, 0.2) is 6.33 Å². The summed E-state index contributed by atoms with van der Waals surface area (Å²) in [6, 6.07) is 0. The summed E-state index contributed by atoms with van der Waals surface area (Å²) < 4.78 is 1.69. The van der Waals surface area contributed by atoms with E-state index in [2.05, 4.69) is 15.2 Å². The third-order valence-corrected chi connectivity index (χ3v) is 2.36. The zero-order valence-corrected chi connectivity index (χ0v) is 8.43. The van der Waals surface area contributed by atoms with Gasteiger partial charge in [-0.05, 0) is 13.8 Å². The van der Waals surface area contributed by atoms with Crippen LogP contribution in [-0.4, -0.2) is 30.7 Å². The first-order valence-electron chi connectivity index (χ1n) is 4.47. The molecule has 0 bridgehead atoms. The molecular formula is C9H10N4O2. The number of aryl methyl sites for hydroxylation is 2. The molecule has 2 aromatic heterocycles. The third kappa shape index (κ3) is 1.54. The van der Waals surface area contributed by atoms with Crippen molar-refractivity contribution in [1.82, 2.24) is 19.6 Å². The molecule has 0 aliphatic rings. The summed E-state index contributed by atoms with van der Waals surface area (Å²) in [6.45, 7) is 3.61. The Bertz CT molecular complexity index is 532. The van der Waals surface area contributed by atoms with Crippen LogP contribution in [0, 0.1) is 13.8 Å². The molecular weight excluding hydrogens is 196 g/mol. The van der Waals surface area contributed by atoms with E-state index >= 15 is 0 Å². The maximum Gasteiger partial charge on any atom is 0.307 e. The Morgan fingerprint density at radius 3 is 2.93 bits per heavy atom. The minimum Gasteiger partial charge on any atom is -0.481 e. The highest BCUT2D eigenvalue weighted by Gasteiger charge is 2.12. The highest BCUT2D eigenvalue weighted by atomic mass is 16.4. The first-order chi connectivity index (χ1) is 7.09. The summed E-state index contributed by atoms with van der Waals surface area (Å²) in [4.78, 5) is 14.9. The summed E-state index contributed by atoms with van der Waals surface area (Å²) >= 11 is 0. The van der Waals surface area contributed by atoms with E-state index in [0.717, 1.165) is 11.3 Å². The van der Waals surface area contributed by atoms with Crippen molar-refractivity contribution in [3.63, 3.8) is 0 Å². The standard InChI is InChI=1S/C9H10N4O2/c1-5-7(3-8(14)15)6(2)13-4-10-12-9(13)11-5/h4H,3H2,1-2H3,(H,14,15). The molecule has 0 saturated carbocycles. The molecule has 6 nitrogen and oxygen atoms in total. The normalized spacial score (nSPS) is 10.8. The maximum atomic E-state index is 10.7. The Balaban J connectivity index is 2.66. The topological polar surface area (TPSA) is 80.4 Å². The Morgan fingerprint density at radius 2 is 2.27 bits per heavy atom. The number of carboxylic acids is 1. The fourth-order valence-corrected chi connectivity index (χ4v) is 1.57. The molecule has 0 unspecified atom stereocenters. The number of carboxylic acid groups (broad SMARTS) is 1. The van der Waals surface area contributed by atoms with Crippen LogP contribution < -0.4 is 0 Å². The van der Waals surface area contributed by atoms with E-state index in [1.165, 1.54) is 6.33 Å². The van der Waals surface area contributed by atoms with Crippen molar-refractivity contribution in [1.29, 1.82) is 0 Å². The Kier molecular flexibility index (Phi) is 2.11. The van der Waals surface area contributed by atoms with Gasteiger partial charge in [-0.1, -0.05) is 0 Å². The fraction of sp³-hybridized carbons (Fsp3) is 0.333. The minimum atomic E-state index is -0.865. The SMILES string of the molecule is Cc1nc2nncn2c(C)c1CC(=O)O. The first kappa shape index (κ1) is 9.57. The van der Waals surface area contributed by atoms with Crippen molar-refractivity contribution in [2.45, 2.75) is 20.3 Å². The van der Waals surface area contributed by atoms with Crippen LogP contribution in [0.4, 0.5) is 0 Å². The van der Waals surface area contributed by atoms with Gasteiger partial charge in [-0.15, -0.1) is 10.2 Å². The molecule has 2 heterocycles. The summed E-state index contributed by atoms with van der Waals surface area (Å²) in [6.07, 6.45) is 1.50. The molecule has 0 aliphatic heterocycles. The van der Waals surface area contributed by atoms with Crippen LogP contribution in [0.3, 0.4) is 0 Å². The zero-order valence-electron chi connectivity index (χ0n) is 8.43. The van der Waals surface area contributed by atoms with Gasteiger partial charge in [0.1, 0.15) is 6.33 Å². The zero-order chi connectivity index (χ0) is 11.0. The number of hydrogen-bond donors (Lipinski definition) is 1. The number of aromatic nitrogens is 4. The van der Waals surface area contributed by atoms with E-state index in [-0.39, 0.29) is 6.42 Å². The van der Waals surface area contributed by atoms with Gasteiger partial charge in [-0.2, -0.15) is 0 Å². The molecule has 0 spiro atoms. The maximum absolute atomic E-state index is 10.7. The van der Waals surface area contributed by atoms with Gasteiger partial charge in [0.05, 0.1) is 6.42 Å². The average molecular weight is 206 g/mol. The Morgan fingerprint density at radius 1 is 1.53 bits per heavy atom. The Hall–Kier alpha value is -1.98. The molecule has 6 heteroatoms. The van der Waals surface area contributed by atoms with Crippen LogP contribution >= 0.6 is 0 Å². The van der Waals surface area contributed by atoms with Gasteiger partial charge >= 0.3 is 5.97 Å². The van der Waals surface area contributed by atoms with Crippen molar-refractivity contribution in [3.05, 3.63) is 23.3 Å². The molecule has 0 radical (unpaired) electrons. The van der Waals surface area contributed by atoms with Crippen LogP contribution in [0.2, 0.25) is 0 Å². The van der Waals surface area contributed by atoms with E-state index in [0.29, 0.717) is 11.5 Å². The second kappa shape index (κ2) is 3.30. The van der Waals surface area contributed by atoms with Gasteiger partial charge in [0.25, 0.3) is 5.78 Å². The summed E-state index contributed by atoms with van der Waals surface area (Å²) in [5, 5.41) is 16.3. The molecule has 2 aromatic rings. The molecule has 0 amide bonds. The van der Waals surface area contributed by atoms with E-state index < -0.39 is 5.97 Å². The molecule has 0 atom stereocenters. The van der Waals surface area contributed by atoms with Crippen LogP contribution in [0.5, 0.6) is 0 Å². The summed E-state index contributed by atoms with van der Waals surface area (Å²) in [7, 11) is 0. The van der Waals surface area contributed by atoms with Crippen LogP contribution in [0.25, 0.3) is 5.78 Å². The second-order valence-corrected chi connectivity index (χ2v) is 3.33. The lowest BCUT2D eigenvalue weighted by molar-refractivity contribution is -0.136. The van der Waals surface area contributed by atoms with Gasteiger partial charge in [-0.3, -0.25) is 9.20 Å². The van der Waals surface area contributed by atoms with E-state index in [1.54, 1.807) is 11.3 Å². The molecule has 0 saturated heterocycles. The lowest BCUT2D eigenvalue weighted by Crippen LogP contribution is -2.09. The predicted octanol–water partition coefficient (Wildman–Crippen LogP) is 0.368. The first-order valence-corrected chi connectivity index (χ1v) is 4.47. The van der Waals surface area contributed by atoms with E-state index in [1.807, 2.05) is 6.92 Å². The average Bonchev–Trinajstić information content (AvgIpc) is 2.59. The largest absolute Gasteiger partial charge is 0.481 e. The molecule has 0 aromatic carbocycles. The van der Waals surface area contributed by atoms with Crippen molar-refractivity contribution >= 4 is 11.7 Å². The van der Waals surface area contributed by atoms with Gasteiger partial charge < -0.3 is 5.11 Å². The molecule has 15 heavy (non-hydrogen) atoms. The van der Waals surface area contributed by atoms with Crippen LogP contribution in [-0.2, 0) is 11.2 Å². The van der Waals surface area contributed by atoms with Crippen LogP contribution in [0.1, 0.15) is 17.0 Å². The van der Waals surface area contributed by atoms with Gasteiger partial charge in [0.15, 0.2) is 0 Å². The number of hydrogen-bond acceptors (Lipinski definition) is 4. The monoisotopic (exact) mass is 206 g/mol. The van der Waals surface area contributed by atoms with Crippen molar-refractivity contribution in [2.24, 2.45) is 0 Å². The Labute approximate surface area is 85.6 Å². The predicted molar refractivity (Wildman–Crippen MR) is 51.6 cm³/mol. The summed E-state index contributed by atoms with van der Waals surface area (Å²) in [5.41, 5.74) is 2.23. The number of fused-ring (bicyclic) bond motifs is 1. The highest BCUT2D eigenvalue weighted by molar-refractivity contribution is 5.71. The van der Waals surface area contributed by atoms with E-state index in [4.69, 9.17) is 5.11 Å².